The molecular formula is C12H19NS. The minimum Gasteiger partial charge on any atom is -0.316 e. The highest BCUT2D eigenvalue weighted by atomic mass is 32.1. The van der Waals surface area contributed by atoms with Crippen molar-refractivity contribution in [3.8, 4) is 0 Å². The van der Waals surface area contributed by atoms with Crippen molar-refractivity contribution in [3.63, 3.8) is 0 Å². The van der Waals surface area contributed by atoms with Crippen molar-refractivity contribution in [3.05, 3.63) is 21.4 Å². The monoisotopic (exact) mass is 209 g/mol. The van der Waals surface area contributed by atoms with E-state index in [-0.39, 0.29) is 0 Å². The van der Waals surface area contributed by atoms with E-state index in [9.17, 15) is 0 Å². The van der Waals surface area contributed by atoms with E-state index >= 15 is 0 Å². The number of rotatable bonds is 0. The fourth-order valence-corrected chi connectivity index (χ4v) is 3.08. The maximum atomic E-state index is 3.45. The van der Waals surface area contributed by atoms with Gasteiger partial charge in [0.15, 0.2) is 0 Å². The summed E-state index contributed by atoms with van der Waals surface area (Å²) in [5.41, 5.74) is 1.91. The molecule has 2 rings (SSSR count). The number of thiophene rings is 1. The van der Waals surface area contributed by atoms with Crippen LogP contribution in [0.25, 0.3) is 0 Å². The van der Waals surface area contributed by atoms with Crippen LogP contribution in [0, 0.1) is 0 Å². The predicted octanol–water partition coefficient (Wildman–Crippen LogP) is 2.73. The molecular weight excluding hydrogens is 190 g/mol. The van der Waals surface area contributed by atoms with Gasteiger partial charge in [-0.25, -0.2) is 0 Å². The Labute approximate surface area is 90.5 Å². The van der Waals surface area contributed by atoms with Gasteiger partial charge < -0.3 is 5.32 Å². The summed E-state index contributed by atoms with van der Waals surface area (Å²) in [7, 11) is 0. The van der Waals surface area contributed by atoms with Crippen LogP contribution in [-0.2, 0) is 18.3 Å². The Morgan fingerprint density at radius 1 is 1.21 bits per heavy atom. The first-order chi connectivity index (χ1) is 6.57. The van der Waals surface area contributed by atoms with E-state index in [4.69, 9.17) is 0 Å². The van der Waals surface area contributed by atoms with Gasteiger partial charge in [0, 0.05) is 9.75 Å². The lowest BCUT2D eigenvalue weighted by Crippen LogP contribution is -2.16. The summed E-state index contributed by atoms with van der Waals surface area (Å²) >= 11 is 2.02. The van der Waals surface area contributed by atoms with Crippen LogP contribution in [0.4, 0.5) is 0 Å². The summed E-state index contributed by atoms with van der Waals surface area (Å²) in [5.74, 6) is 0. The van der Waals surface area contributed by atoms with E-state index in [1.54, 1.807) is 15.3 Å². The van der Waals surface area contributed by atoms with Gasteiger partial charge in [0.1, 0.15) is 0 Å². The van der Waals surface area contributed by atoms with Crippen molar-refractivity contribution in [1.82, 2.24) is 5.32 Å². The fraction of sp³-hybridized carbons (Fsp3) is 0.667. The van der Waals surface area contributed by atoms with Crippen LogP contribution in [-0.4, -0.2) is 13.1 Å². The molecule has 0 aromatic carbocycles. The summed E-state index contributed by atoms with van der Waals surface area (Å²) in [6, 6.07) is 2.42. The van der Waals surface area contributed by atoms with Gasteiger partial charge in [-0.2, -0.15) is 0 Å². The molecule has 0 radical (unpaired) electrons. The molecule has 0 unspecified atom stereocenters. The Morgan fingerprint density at radius 2 is 1.93 bits per heavy atom. The summed E-state index contributed by atoms with van der Waals surface area (Å²) < 4.78 is 0. The van der Waals surface area contributed by atoms with Crippen LogP contribution in [0.5, 0.6) is 0 Å². The zero-order chi connectivity index (χ0) is 10.2. The van der Waals surface area contributed by atoms with E-state index in [2.05, 4.69) is 32.2 Å². The van der Waals surface area contributed by atoms with Gasteiger partial charge in [0.2, 0.25) is 0 Å². The zero-order valence-electron chi connectivity index (χ0n) is 9.31. The van der Waals surface area contributed by atoms with Crippen LogP contribution in [0.15, 0.2) is 6.07 Å². The molecule has 1 N–H and O–H groups in total. The van der Waals surface area contributed by atoms with Gasteiger partial charge in [-0.3, -0.25) is 0 Å². The zero-order valence-corrected chi connectivity index (χ0v) is 10.1. The van der Waals surface area contributed by atoms with Gasteiger partial charge in [0.05, 0.1) is 0 Å². The second-order valence-corrected chi connectivity index (χ2v) is 6.20. The fourth-order valence-electron chi connectivity index (χ4n) is 1.81. The molecule has 0 saturated carbocycles. The van der Waals surface area contributed by atoms with Crippen LogP contribution in [0.2, 0.25) is 0 Å². The first-order valence-electron chi connectivity index (χ1n) is 5.40. The summed E-state index contributed by atoms with van der Waals surface area (Å²) in [4.78, 5) is 3.16. The van der Waals surface area contributed by atoms with E-state index in [0.29, 0.717) is 5.41 Å². The Balaban J connectivity index is 2.31. The highest BCUT2D eigenvalue weighted by Gasteiger charge is 2.19. The van der Waals surface area contributed by atoms with Crippen molar-refractivity contribution in [2.45, 2.75) is 39.0 Å². The number of nitrogens with one attached hydrogen (secondary N) is 1. The molecule has 1 aromatic rings. The Morgan fingerprint density at radius 3 is 2.64 bits per heavy atom. The lowest BCUT2D eigenvalue weighted by molar-refractivity contribution is 0.603. The second-order valence-electron chi connectivity index (χ2n) is 5.06. The first kappa shape index (κ1) is 10.2. The highest BCUT2D eigenvalue weighted by molar-refractivity contribution is 7.12. The molecule has 1 aromatic heterocycles. The third kappa shape index (κ3) is 2.01. The molecule has 1 aliphatic heterocycles. The summed E-state index contributed by atoms with van der Waals surface area (Å²) in [6.07, 6.45) is 2.43. The quantitative estimate of drug-likeness (QED) is 0.693. The van der Waals surface area contributed by atoms with Crippen LogP contribution < -0.4 is 5.32 Å². The standard InChI is InChI=1S/C12H19NS/c1-12(2,3)11-8-9-4-6-13-7-5-10(9)14-11/h8,13H,4-7H2,1-3H3. The topological polar surface area (TPSA) is 12.0 Å². The molecule has 0 amide bonds. The van der Waals surface area contributed by atoms with Crippen molar-refractivity contribution >= 4 is 11.3 Å². The number of hydrogen-bond acceptors (Lipinski definition) is 2. The van der Waals surface area contributed by atoms with Crippen LogP contribution in [0.3, 0.4) is 0 Å². The van der Waals surface area contributed by atoms with E-state index < -0.39 is 0 Å². The average Bonchev–Trinajstić information content (AvgIpc) is 2.38. The summed E-state index contributed by atoms with van der Waals surface area (Å²) in [6.45, 7) is 9.20. The Bertz CT molecular complexity index is 296. The van der Waals surface area contributed by atoms with Crippen LogP contribution >= 0.6 is 11.3 Å². The normalized spacial score (nSPS) is 17.6. The maximum Gasteiger partial charge on any atom is 0.0105 e. The van der Waals surface area contributed by atoms with Gasteiger partial charge in [-0.05, 0) is 43.0 Å². The molecule has 2 heterocycles. The maximum absolute atomic E-state index is 3.45. The SMILES string of the molecule is CC(C)(C)c1cc2c(s1)CCNCC2. The van der Waals surface area contributed by atoms with Crippen molar-refractivity contribution < 1.29 is 0 Å². The number of hydrogen-bond donors (Lipinski definition) is 1. The van der Waals surface area contributed by atoms with Crippen molar-refractivity contribution in [2.75, 3.05) is 13.1 Å². The number of fused-ring (bicyclic) bond motifs is 1. The molecule has 1 nitrogen and oxygen atoms in total. The van der Waals surface area contributed by atoms with Gasteiger partial charge in [0.25, 0.3) is 0 Å². The molecule has 0 bridgehead atoms. The van der Waals surface area contributed by atoms with Gasteiger partial charge in [-0.1, -0.05) is 20.8 Å². The largest absolute Gasteiger partial charge is 0.316 e. The lowest BCUT2D eigenvalue weighted by atomic mass is 9.94. The second kappa shape index (κ2) is 3.67. The van der Waals surface area contributed by atoms with Crippen molar-refractivity contribution in [2.24, 2.45) is 0 Å². The molecule has 0 saturated heterocycles. The van der Waals surface area contributed by atoms with E-state index in [1.807, 2.05) is 11.3 Å². The van der Waals surface area contributed by atoms with Crippen molar-refractivity contribution in [1.29, 1.82) is 0 Å². The minimum absolute atomic E-state index is 0.324. The average molecular weight is 209 g/mol. The molecule has 0 atom stereocenters. The van der Waals surface area contributed by atoms with Crippen LogP contribution in [0.1, 0.15) is 36.1 Å². The molecule has 0 aliphatic carbocycles. The minimum atomic E-state index is 0.324. The summed E-state index contributed by atoms with van der Waals surface area (Å²) in [5, 5.41) is 3.45. The van der Waals surface area contributed by atoms with Gasteiger partial charge in [-0.15, -0.1) is 11.3 Å². The Kier molecular flexibility index (Phi) is 2.67. The Hall–Kier alpha value is -0.340. The predicted molar refractivity (Wildman–Crippen MR) is 63.3 cm³/mol. The van der Waals surface area contributed by atoms with E-state index in [0.717, 1.165) is 13.1 Å². The van der Waals surface area contributed by atoms with Gasteiger partial charge >= 0.3 is 0 Å². The molecule has 1 aliphatic rings. The molecule has 14 heavy (non-hydrogen) atoms. The third-order valence-corrected chi connectivity index (χ3v) is 4.40. The van der Waals surface area contributed by atoms with E-state index in [1.165, 1.54) is 12.8 Å². The molecule has 0 spiro atoms. The first-order valence-corrected chi connectivity index (χ1v) is 6.22. The molecule has 2 heteroatoms. The lowest BCUT2D eigenvalue weighted by Gasteiger charge is -2.15. The molecule has 78 valence electrons. The molecule has 0 fully saturated rings. The highest BCUT2D eigenvalue weighted by Crippen LogP contribution is 2.33. The smallest absolute Gasteiger partial charge is 0.0105 e. The third-order valence-electron chi connectivity index (χ3n) is 2.74.